The lowest BCUT2D eigenvalue weighted by Gasteiger charge is -2.11. The second kappa shape index (κ2) is 4.92. The zero-order chi connectivity index (χ0) is 10.7. The smallest absolute Gasteiger partial charge is 0.0389 e. The molecule has 0 saturated heterocycles. The molecule has 1 nitrogen and oxygen atoms in total. The van der Waals surface area contributed by atoms with Gasteiger partial charge in [0.05, 0.1) is 0 Å². The standard InChI is InChI=1S/C12H15NS2/c1-9-5-7-15-12(9)8-13-10(2)11-4-3-6-14-11/h3-7,10,13H,8H2,1-2H3/t10-/m1/s1. The third-order valence-corrected chi connectivity index (χ3v) is 4.58. The van der Waals surface area contributed by atoms with Crippen molar-refractivity contribution in [3.8, 4) is 0 Å². The lowest BCUT2D eigenvalue weighted by Crippen LogP contribution is -2.16. The van der Waals surface area contributed by atoms with Crippen molar-refractivity contribution in [3.63, 3.8) is 0 Å². The average molecular weight is 237 g/mol. The Morgan fingerprint density at radius 2 is 2.13 bits per heavy atom. The van der Waals surface area contributed by atoms with Crippen LogP contribution >= 0.6 is 22.7 Å². The van der Waals surface area contributed by atoms with Crippen molar-refractivity contribution in [2.75, 3.05) is 0 Å². The molecule has 1 atom stereocenters. The first-order valence-corrected chi connectivity index (χ1v) is 6.83. The predicted molar refractivity (Wildman–Crippen MR) is 68.6 cm³/mol. The van der Waals surface area contributed by atoms with Crippen LogP contribution in [0.5, 0.6) is 0 Å². The van der Waals surface area contributed by atoms with Gasteiger partial charge >= 0.3 is 0 Å². The predicted octanol–water partition coefficient (Wildman–Crippen LogP) is 3.97. The Labute approximate surface area is 98.8 Å². The SMILES string of the molecule is Cc1ccsc1CN[C@H](C)c1cccs1. The van der Waals surface area contributed by atoms with Crippen molar-refractivity contribution in [3.05, 3.63) is 44.3 Å². The van der Waals surface area contributed by atoms with Crippen molar-refractivity contribution in [2.45, 2.75) is 26.4 Å². The summed E-state index contributed by atoms with van der Waals surface area (Å²) in [6.07, 6.45) is 0. The third-order valence-electron chi connectivity index (χ3n) is 2.51. The van der Waals surface area contributed by atoms with Crippen molar-refractivity contribution in [2.24, 2.45) is 0 Å². The van der Waals surface area contributed by atoms with Gasteiger partial charge in [-0.25, -0.2) is 0 Å². The molecule has 2 heterocycles. The molecule has 3 heteroatoms. The highest BCUT2D eigenvalue weighted by Crippen LogP contribution is 2.20. The van der Waals surface area contributed by atoms with Crippen LogP contribution in [0.2, 0.25) is 0 Å². The molecule has 0 radical (unpaired) electrons. The van der Waals surface area contributed by atoms with Gasteiger partial charge in [0, 0.05) is 22.3 Å². The highest BCUT2D eigenvalue weighted by molar-refractivity contribution is 7.10. The molecule has 2 aromatic rings. The number of rotatable bonds is 4. The quantitative estimate of drug-likeness (QED) is 0.848. The van der Waals surface area contributed by atoms with E-state index in [9.17, 15) is 0 Å². The minimum Gasteiger partial charge on any atom is -0.305 e. The van der Waals surface area contributed by atoms with Gasteiger partial charge in [-0.05, 0) is 42.3 Å². The van der Waals surface area contributed by atoms with Crippen LogP contribution < -0.4 is 5.32 Å². The molecule has 0 unspecified atom stereocenters. The van der Waals surface area contributed by atoms with Gasteiger partial charge in [0.2, 0.25) is 0 Å². The van der Waals surface area contributed by atoms with Crippen LogP contribution in [0.4, 0.5) is 0 Å². The van der Waals surface area contributed by atoms with Crippen molar-refractivity contribution in [1.29, 1.82) is 0 Å². The molecule has 0 saturated carbocycles. The van der Waals surface area contributed by atoms with Crippen LogP contribution in [0.1, 0.15) is 28.3 Å². The Balaban J connectivity index is 1.91. The fraction of sp³-hybridized carbons (Fsp3) is 0.333. The van der Waals surface area contributed by atoms with Crippen LogP contribution in [0.3, 0.4) is 0 Å². The fourth-order valence-corrected chi connectivity index (χ4v) is 3.09. The molecule has 2 rings (SSSR count). The molecule has 0 aliphatic carbocycles. The third kappa shape index (κ3) is 2.68. The summed E-state index contributed by atoms with van der Waals surface area (Å²) in [6.45, 7) is 5.36. The topological polar surface area (TPSA) is 12.0 Å². The lowest BCUT2D eigenvalue weighted by atomic mass is 10.2. The summed E-state index contributed by atoms with van der Waals surface area (Å²) < 4.78 is 0. The summed E-state index contributed by atoms with van der Waals surface area (Å²) in [4.78, 5) is 2.85. The maximum absolute atomic E-state index is 3.55. The van der Waals surface area contributed by atoms with E-state index >= 15 is 0 Å². The number of hydrogen-bond donors (Lipinski definition) is 1. The van der Waals surface area contributed by atoms with E-state index in [-0.39, 0.29) is 0 Å². The van der Waals surface area contributed by atoms with E-state index in [1.165, 1.54) is 15.3 Å². The summed E-state index contributed by atoms with van der Waals surface area (Å²) in [5.41, 5.74) is 1.39. The van der Waals surface area contributed by atoms with Crippen LogP contribution in [-0.2, 0) is 6.54 Å². The Kier molecular flexibility index (Phi) is 3.57. The number of nitrogens with one attached hydrogen (secondary N) is 1. The number of hydrogen-bond acceptors (Lipinski definition) is 3. The van der Waals surface area contributed by atoms with E-state index in [2.05, 4.69) is 48.1 Å². The molecule has 0 aliphatic rings. The average Bonchev–Trinajstić information content (AvgIpc) is 2.85. The van der Waals surface area contributed by atoms with Crippen LogP contribution in [0, 0.1) is 6.92 Å². The largest absolute Gasteiger partial charge is 0.305 e. The number of thiophene rings is 2. The van der Waals surface area contributed by atoms with Gasteiger partial charge in [-0.15, -0.1) is 22.7 Å². The van der Waals surface area contributed by atoms with Gasteiger partial charge in [-0.1, -0.05) is 6.07 Å². The first kappa shape index (κ1) is 10.9. The van der Waals surface area contributed by atoms with Gasteiger partial charge in [0.15, 0.2) is 0 Å². The first-order chi connectivity index (χ1) is 7.27. The lowest BCUT2D eigenvalue weighted by molar-refractivity contribution is 0.586. The number of aryl methyl sites for hydroxylation is 1. The first-order valence-electron chi connectivity index (χ1n) is 5.07. The summed E-state index contributed by atoms with van der Waals surface area (Å²) in [7, 11) is 0. The summed E-state index contributed by atoms with van der Waals surface area (Å²) in [5.74, 6) is 0. The molecule has 0 aromatic carbocycles. The summed E-state index contributed by atoms with van der Waals surface area (Å²) in [5, 5.41) is 7.83. The van der Waals surface area contributed by atoms with Crippen LogP contribution in [-0.4, -0.2) is 0 Å². The monoisotopic (exact) mass is 237 g/mol. The fourth-order valence-electron chi connectivity index (χ4n) is 1.47. The van der Waals surface area contributed by atoms with Crippen LogP contribution in [0.25, 0.3) is 0 Å². The van der Waals surface area contributed by atoms with Crippen LogP contribution in [0.15, 0.2) is 29.0 Å². The molecular formula is C12H15NS2. The molecule has 15 heavy (non-hydrogen) atoms. The molecule has 80 valence electrons. The molecule has 0 aliphatic heterocycles. The maximum Gasteiger partial charge on any atom is 0.0389 e. The Morgan fingerprint density at radius 1 is 1.27 bits per heavy atom. The normalized spacial score (nSPS) is 12.9. The molecular weight excluding hydrogens is 222 g/mol. The van der Waals surface area contributed by atoms with Crippen molar-refractivity contribution < 1.29 is 0 Å². The van der Waals surface area contributed by atoms with E-state index in [0.29, 0.717) is 6.04 Å². The van der Waals surface area contributed by atoms with Gasteiger partial charge < -0.3 is 5.32 Å². The zero-order valence-corrected chi connectivity index (χ0v) is 10.6. The van der Waals surface area contributed by atoms with E-state index in [0.717, 1.165) is 6.54 Å². The van der Waals surface area contributed by atoms with E-state index in [1.54, 1.807) is 0 Å². The molecule has 1 N–H and O–H groups in total. The highest BCUT2D eigenvalue weighted by atomic mass is 32.1. The summed E-state index contributed by atoms with van der Waals surface area (Å²) >= 11 is 3.64. The Morgan fingerprint density at radius 3 is 2.73 bits per heavy atom. The maximum atomic E-state index is 3.55. The van der Waals surface area contributed by atoms with E-state index < -0.39 is 0 Å². The molecule has 0 amide bonds. The van der Waals surface area contributed by atoms with Gasteiger partial charge in [-0.2, -0.15) is 0 Å². The van der Waals surface area contributed by atoms with Gasteiger partial charge in [0.25, 0.3) is 0 Å². The van der Waals surface area contributed by atoms with Crippen molar-refractivity contribution in [1.82, 2.24) is 5.32 Å². The van der Waals surface area contributed by atoms with E-state index in [1.807, 2.05) is 22.7 Å². The molecule has 0 fully saturated rings. The Hall–Kier alpha value is -0.640. The van der Waals surface area contributed by atoms with Gasteiger partial charge in [0.1, 0.15) is 0 Å². The minimum absolute atomic E-state index is 0.450. The minimum atomic E-state index is 0.450. The zero-order valence-electron chi connectivity index (χ0n) is 8.99. The summed E-state index contributed by atoms with van der Waals surface area (Å²) in [6, 6.07) is 6.92. The molecule has 0 spiro atoms. The highest BCUT2D eigenvalue weighted by Gasteiger charge is 2.06. The second-order valence-electron chi connectivity index (χ2n) is 3.64. The van der Waals surface area contributed by atoms with Gasteiger partial charge in [-0.3, -0.25) is 0 Å². The van der Waals surface area contributed by atoms with Crippen molar-refractivity contribution >= 4 is 22.7 Å². The van der Waals surface area contributed by atoms with E-state index in [4.69, 9.17) is 0 Å². The second-order valence-corrected chi connectivity index (χ2v) is 5.62. The molecule has 0 bridgehead atoms. The molecule has 2 aromatic heterocycles. The Bertz CT molecular complexity index is 403.